The maximum atomic E-state index is 12.5. The second kappa shape index (κ2) is 21.4. The zero-order valence-electron chi connectivity index (χ0n) is 25.1. The van der Waals surface area contributed by atoms with E-state index >= 15 is 0 Å². The Morgan fingerprint density at radius 2 is 1.50 bits per heavy atom. The summed E-state index contributed by atoms with van der Waals surface area (Å²) in [4.78, 5) is 71.0. The van der Waals surface area contributed by atoms with Crippen molar-refractivity contribution in [3.63, 3.8) is 0 Å². The Morgan fingerprint density at radius 3 is 2.00 bits per heavy atom. The Hall–Kier alpha value is -4.40. The minimum absolute atomic E-state index is 0.107. The van der Waals surface area contributed by atoms with Crippen LogP contribution in [0.4, 0.5) is 15.3 Å². The predicted molar refractivity (Wildman–Crippen MR) is 158 cm³/mol. The van der Waals surface area contributed by atoms with E-state index in [2.05, 4.69) is 26.6 Å². The zero-order valence-corrected chi connectivity index (χ0v) is 25.1. The third-order valence-corrected chi connectivity index (χ3v) is 5.34. The summed E-state index contributed by atoms with van der Waals surface area (Å²) in [7, 11) is 1.67. The number of carbonyl (C=O) groups is 6. The van der Waals surface area contributed by atoms with Gasteiger partial charge in [0.1, 0.15) is 12.6 Å². The first kappa shape index (κ1) is 37.6. The molecule has 1 aromatic carbocycles. The molecule has 0 saturated heterocycles. The molecule has 0 heterocycles. The molecule has 236 valence electrons. The fourth-order valence-corrected chi connectivity index (χ4v) is 3.11. The number of nitrogens with one attached hydrogen (secondary N) is 5. The Morgan fingerprint density at radius 1 is 0.881 bits per heavy atom. The number of benzene rings is 1. The molecule has 15 nitrogen and oxygen atoms in total. The summed E-state index contributed by atoms with van der Waals surface area (Å²) in [5, 5.41) is 12.4. The van der Waals surface area contributed by atoms with Crippen LogP contribution in [0.5, 0.6) is 0 Å². The van der Waals surface area contributed by atoms with Crippen molar-refractivity contribution in [3.05, 3.63) is 29.8 Å². The molecule has 0 aromatic heterocycles. The number of carbonyl (C=O) groups excluding carboxylic acids is 6. The van der Waals surface area contributed by atoms with Crippen LogP contribution in [0.3, 0.4) is 0 Å². The maximum Gasteiger partial charge on any atom is 0.409 e. The molecule has 7 amide bonds. The largest absolute Gasteiger partial charge is 0.445 e. The standard InChI is InChI=1S/C23H36N6O6.C4H10N2O/c1-5-10-29(4)23(34)35-14-16-6-8-17(9-7-16)27-19(31)13-26-22(33)21(15(2)3)28-20(32)12-25-18(30)11-24;1-2-3-6-4(5)7/h6-9,15,21H,5,10-14,24H2,1-4H3,(H,25,30)(H,26,33)(H,27,31)(H,28,32);2-3H2,1H3,(H3,5,6,7). The van der Waals surface area contributed by atoms with Crippen LogP contribution in [-0.4, -0.2) is 86.5 Å². The van der Waals surface area contributed by atoms with Crippen LogP contribution in [0.2, 0.25) is 0 Å². The first-order valence-corrected chi connectivity index (χ1v) is 13.7. The van der Waals surface area contributed by atoms with Crippen molar-refractivity contribution in [2.45, 2.75) is 53.2 Å². The monoisotopic (exact) mass is 594 g/mol. The Balaban J connectivity index is 0.00000212. The normalized spacial score (nSPS) is 10.7. The van der Waals surface area contributed by atoms with E-state index in [4.69, 9.17) is 16.2 Å². The van der Waals surface area contributed by atoms with Gasteiger partial charge < -0.3 is 47.7 Å². The van der Waals surface area contributed by atoms with Gasteiger partial charge in [-0.3, -0.25) is 19.2 Å². The van der Waals surface area contributed by atoms with Crippen molar-refractivity contribution in [2.75, 3.05) is 45.1 Å². The molecule has 0 spiro atoms. The lowest BCUT2D eigenvalue weighted by Gasteiger charge is -2.21. The number of primary amides is 1. The average Bonchev–Trinajstić information content (AvgIpc) is 2.95. The van der Waals surface area contributed by atoms with Crippen LogP contribution in [0, 0.1) is 5.92 Å². The molecular weight excluding hydrogens is 548 g/mol. The number of amides is 7. The van der Waals surface area contributed by atoms with Crippen LogP contribution in [0.15, 0.2) is 24.3 Å². The van der Waals surface area contributed by atoms with Gasteiger partial charge in [-0.05, 0) is 36.5 Å². The fraction of sp³-hybridized carbons (Fsp3) is 0.556. The molecule has 42 heavy (non-hydrogen) atoms. The van der Waals surface area contributed by atoms with Gasteiger partial charge in [0.2, 0.25) is 23.6 Å². The lowest BCUT2D eigenvalue weighted by Crippen LogP contribution is -2.53. The SMILES string of the molecule is CCCN(C)C(=O)OCc1ccc(NC(=O)CNC(=O)C(NC(=O)CNC(=O)CN)C(C)C)cc1.CCCNC(N)=O. The summed E-state index contributed by atoms with van der Waals surface area (Å²) in [6.45, 7) is 7.95. The number of hydrogen-bond donors (Lipinski definition) is 7. The van der Waals surface area contributed by atoms with Crippen LogP contribution >= 0.6 is 0 Å². The lowest BCUT2D eigenvalue weighted by atomic mass is 10.0. The highest BCUT2D eigenvalue weighted by molar-refractivity contribution is 5.96. The number of urea groups is 1. The van der Waals surface area contributed by atoms with E-state index in [9.17, 15) is 28.8 Å². The van der Waals surface area contributed by atoms with Gasteiger partial charge in [-0.25, -0.2) is 9.59 Å². The Bertz CT molecular complexity index is 1020. The van der Waals surface area contributed by atoms with Gasteiger partial charge in [-0.15, -0.1) is 0 Å². The first-order valence-electron chi connectivity index (χ1n) is 13.7. The number of rotatable bonds is 15. The van der Waals surface area contributed by atoms with Gasteiger partial charge in [0.25, 0.3) is 0 Å². The summed E-state index contributed by atoms with van der Waals surface area (Å²) in [5.74, 6) is -2.28. The molecule has 1 rings (SSSR count). The van der Waals surface area contributed by atoms with Gasteiger partial charge in [0.15, 0.2) is 0 Å². The van der Waals surface area contributed by atoms with E-state index in [-0.39, 0.29) is 32.2 Å². The number of hydrogen-bond acceptors (Lipinski definition) is 8. The van der Waals surface area contributed by atoms with Gasteiger partial charge in [-0.2, -0.15) is 0 Å². The molecule has 15 heteroatoms. The van der Waals surface area contributed by atoms with Gasteiger partial charge in [0, 0.05) is 25.8 Å². The van der Waals surface area contributed by atoms with E-state index < -0.39 is 41.8 Å². The van der Waals surface area contributed by atoms with Crippen molar-refractivity contribution in [1.29, 1.82) is 0 Å². The van der Waals surface area contributed by atoms with Gasteiger partial charge in [-0.1, -0.05) is 39.8 Å². The van der Waals surface area contributed by atoms with Crippen molar-refractivity contribution >= 4 is 41.4 Å². The van der Waals surface area contributed by atoms with Crippen molar-refractivity contribution in [1.82, 2.24) is 26.2 Å². The average molecular weight is 595 g/mol. The molecule has 1 unspecified atom stereocenters. The van der Waals surface area contributed by atoms with E-state index in [0.717, 1.165) is 18.4 Å². The molecule has 0 bridgehead atoms. The highest BCUT2D eigenvalue weighted by Gasteiger charge is 2.24. The minimum Gasteiger partial charge on any atom is -0.445 e. The Kier molecular flexibility index (Phi) is 19.1. The van der Waals surface area contributed by atoms with Crippen molar-refractivity contribution in [2.24, 2.45) is 17.4 Å². The van der Waals surface area contributed by atoms with Crippen LogP contribution < -0.4 is 38.1 Å². The van der Waals surface area contributed by atoms with Gasteiger partial charge >= 0.3 is 12.1 Å². The number of anilines is 1. The lowest BCUT2D eigenvalue weighted by molar-refractivity contribution is -0.131. The zero-order chi connectivity index (χ0) is 32.1. The van der Waals surface area contributed by atoms with Crippen molar-refractivity contribution in [3.8, 4) is 0 Å². The van der Waals surface area contributed by atoms with Gasteiger partial charge in [0.05, 0.1) is 19.6 Å². The number of nitrogens with two attached hydrogens (primary N) is 2. The highest BCUT2D eigenvalue weighted by Crippen LogP contribution is 2.11. The van der Waals surface area contributed by atoms with Crippen LogP contribution in [-0.2, 0) is 30.5 Å². The first-order chi connectivity index (χ1) is 19.8. The molecule has 0 fully saturated rings. The second-order valence-corrected chi connectivity index (χ2v) is 9.50. The van der Waals surface area contributed by atoms with E-state index in [1.165, 1.54) is 4.90 Å². The number of nitrogens with zero attached hydrogens (tertiary/aromatic N) is 1. The van der Waals surface area contributed by atoms with Crippen LogP contribution in [0.25, 0.3) is 0 Å². The molecule has 1 aromatic rings. The topological polar surface area (TPSA) is 227 Å². The minimum atomic E-state index is -0.886. The second-order valence-electron chi connectivity index (χ2n) is 9.50. The maximum absolute atomic E-state index is 12.5. The molecule has 1 atom stereocenters. The summed E-state index contributed by atoms with van der Waals surface area (Å²) in [6, 6.07) is 5.42. The highest BCUT2D eigenvalue weighted by atomic mass is 16.6. The molecule has 0 aliphatic carbocycles. The third kappa shape index (κ3) is 17.3. The molecule has 0 aliphatic rings. The van der Waals surface area contributed by atoms with Crippen molar-refractivity contribution < 1.29 is 33.5 Å². The summed E-state index contributed by atoms with van der Waals surface area (Å²) in [6.07, 6.45) is 1.36. The molecular formula is C27H46N8O7. The quantitative estimate of drug-likeness (QED) is 0.146. The molecule has 0 aliphatic heterocycles. The summed E-state index contributed by atoms with van der Waals surface area (Å²) in [5.41, 5.74) is 11.2. The molecule has 9 N–H and O–H groups in total. The van der Waals surface area contributed by atoms with Crippen LogP contribution in [0.1, 0.15) is 46.1 Å². The summed E-state index contributed by atoms with van der Waals surface area (Å²) >= 11 is 0. The molecule has 0 radical (unpaired) electrons. The Labute approximate surface area is 246 Å². The van der Waals surface area contributed by atoms with E-state index in [1.54, 1.807) is 45.2 Å². The predicted octanol–water partition coefficient (Wildman–Crippen LogP) is 0.000100. The smallest absolute Gasteiger partial charge is 0.409 e. The summed E-state index contributed by atoms with van der Waals surface area (Å²) < 4.78 is 5.23. The molecule has 0 saturated carbocycles. The third-order valence-electron chi connectivity index (χ3n) is 5.34. The fourth-order valence-electron chi connectivity index (χ4n) is 3.11. The number of ether oxygens (including phenoxy) is 1. The van der Waals surface area contributed by atoms with E-state index in [0.29, 0.717) is 18.8 Å². The van der Waals surface area contributed by atoms with E-state index in [1.807, 2.05) is 13.8 Å².